The van der Waals surface area contributed by atoms with E-state index in [1.807, 2.05) is 30.5 Å². The molecule has 0 spiro atoms. The number of aromatic amines is 1. The van der Waals surface area contributed by atoms with Crippen molar-refractivity contribution < 1.29 is 19.1 Å². The SMILES string of the molecule is CCOC(=O)[C@@H]1CCCCN1C(=O)[C@H](CC(=O)C(C)(C)N)Cc1c[nH]c2ccccc12. The van der Waals surface area contributed by atoms with Crippen molar-refractivity contribution in [3.8, 4) is 0 Å². The van der Waals surface area contributed by atoms with E-state index >= 15 is 0 Å². The number of carbonyl (C=O) groups is 3. The third-order valence-electron chi connectivity index (χ3n) is 5.99. The van der Waals surface area contributed by atoms with Crippen LogP contribution in [0.1, 0.15) is 52.0 Å². The Kier molecular flexibility index (Phi) is 7.15. The van der Waals surface area contributed by atoms with Crippen molar-refractivity contribution in [2.24, 2.45) is 11.7 Å². The topological polar surface area (TPSA) is 105 Å². The van der Waals surface area contributed by atoms with Crippen molar-refractivity contribution >= 4 is 28.6 Å². The number of esters is 1. The highest BCUT2D eigenvalue weighted by Gasteiger charge is 2.38. The molecule has 7 nitrogen and oxygen atoms in total. The lowest BCUT2D eigenvalue weighted by Crippen LogP contribution is -2.52. The first-order valence-corrected chi connectivity index (χ1v) is 11.1. The summed E-state index contributed by atoms with van der Waals surface area (Å²) in [5, 5.41) is 1.03. The summed E-state index contributed by atoms with van der Waals surface area (Å²) in [5.41, 5.74) is 6.96. The molecule has 168 valence electrons. The normalized spacial score (nSPS) is 18.1. The van der Waals surface area contributed by atoms with Gasteiger partial charge in [0.25, 0.3) is 0 Å². The molecule has 1 aromatic carbocycles. The average Bonchev–Trinajstić information content (AvgIpc) is 3.15. The average molecular weight is 428 g/mol. The number of piperidine rings is 1. The molecular weight excluding hydrogens is 394 g/mol. The van der Waals surface area contributed by atoms with Crippen LogP contribution < -0.4 is 5.73 Å². The van der Waals surface area contributed by atoms with E-state index in [0.717, 1.165) is 29.3 Å². The van der Waals surface area contributed by atoms with Crippen molar-refractivity contribution in [2.75, 3.05) is 13.2 Å². The lowest BCUT2D eigenvalue weighted by molar-refractivity contribution is -0.158. The second-order valence-electron chi connectivity index (χ2n) is 8.90. The summed E-state index contributed by atoms with van der Waals surface area (Å²) in [6, 6.07) is 7.29. The number of ether oxygens (including phenoxy) is 1. The van der Waals surface area contributed by atoms with Crippen molar-refractivity contribution in [1.29, 1.82) is 0 Å². The van der Waals surface area contributed by atoms with E-state index in [0.29, 0.717) is 19.4 Å². The summed E-state index contributed by atoms with van der Waals surface area (Å²) < 4.78 is 5.22. The fourth-order valence-corrected chi connectivity index (χ4v) is 4.21. The molecule has 0 radical (unpaired) electrons. The molecule has 31 heavy (non-hydrogen) atoms. The Bertz CT molecular complexity index is 944. The molecule has 0 unspecified atom stereocenters. The van der Waals surface area contributed by atoms with Crippen LogP contribution in [-0.2, 0) is 25.5 Å². The van der Waals surface area contributed by atoms with Gasteiger partial charge in [-0.3, -0.25) is 9.59 Å². The molecular formula is C24H33N3O4. The van der Waals surface area contributed by atoms with Crippen molar-refractivity contribution in [1.82, 2.24) is 9.88 Å². The second-order valence-corrected chi connectivity index (χ2v) is 8.90. The maximum Gasteiger partial charge on any atom is 0.328 e. The molecule has 1 fully saturated rings. The van der Waals surface area contributed by atoms with Crippen molar-refractivity contribution in [3.63, 3.8) is 0 Å². The van der Waals surface area contributed by atoms with E-state index in [2.05, 4.69) is 4.98 Å². The molecule has 1 amide bonds. The van der Waals surface area contributed by atoms with Crippen LogP contribution in [0.15, 0.2) is 30.5 Å². The first-order valence-electron chi connectivity index (χ1n) is 11.1. The second kappa shape index (κ2) is 9.64. The number of nitrogens with zero attached hydrogens (tertiary/aromatic N) is 1. The Labute approximate surface area is 183 Å². The predicted octanol–water partition coefficient (Wildman–Crippen LogP) is 2.97. The molecule has 1 saturated heterocycles. The number of nitrogens with two attached hydrogens (primary N) is 1. The number of Topliss-reactive ketones (excluding diaryl/α,β-unsaturated/α-hetero) is 1. The molecule has 0 bridgehead atoms. The number of likely N-dealkylation sites (tertiary alicyclic amines) is 1. The zero-order valence-corrected chi connectivity index (χ0v) is 18.6. The van der Waals surface area contributed by atoms with E-state index in [1.54, 1.807) is 25.7 Å². The largest absolute Gasteiger partial charge is 0.464 e. The standard InChI is InChI=1S/C24H33N3O4/c1-4-31-23(30)20-11-7-8-12-27(20)22(29)16(14-21(28)24(2,3)25)13-17-15-26-19-10-6-5-9-18(17)19/h5-6,9-10,15-16,20,26H,4,7-8,11-14,25H2,1-3H3/t16-,20-/m0/s1. The van der Waals surface area contributed by atoms with Gasteiger partial charge in [0.2, 0.25) is 5.91 Å². The number of H-pyrrole nitrogens is 1. The molecule has 3 N–H and O–H groups in total. The monoisotopic (exact) mass is 427 g/mol. The van der Waals surface area contributed by atoms with Gasteiger partial charge in [0.05, 0.1) is 12.1 Å². The van der Waals surface area contributed by atoms with Crippen LogP contribution >= 0.6 is 0 Å². The number of rotatable bonds is 8. The van der Waals surface area contributed by atoms with Crippen LogP contribution in [0.3, 0.4) is 0 Å². The first kappa shape index (κ1) is 23.0. The summed E-state index contributed by atoms with van der Waals surface area (Å²) in [7, 11) is 0. The molecule has 1 aromatic heterocycles. The highest BCUT2D eigenvalue weighted by Crippen LogP contribution is 2.27. The summed E-state index contributed by atoms with van der Waals surface area (Å²) in [6.45, 7) is 5.84. The summed E-state index contributed by atoms with van der Waals surface area (Å²) >= 11 is 0. The van der Waals surface area contributed by atoms with Gasteiger partial charge < -0.3 is 20.4 Å². The van der Waals surface area contributed by atoms with Gasteiger partial charge in [-0.2, -0.15) is 0 Å². The number of para-hydroxylation sites is 1. The summed E-state index contributed by atoms with van der Waals surface area (Å²) in [6.07, 6.45) is 4.61. The Morgan fingerprint density at radius 3 is 2.71 bits per heavy atom. The van der Waals surface area contributed by atoms with Gasteiger partial charge in [0.15, 0.2) is 5.78 Å². The van der Waals surface area contributed by atoms with Crippen molar-refractivity contribution in [2.45, 2.75) is 64.5 Å². The number of nitrogens with one attached hydrogen (secondary N) is 1. The highest BCUT2D eigenvalue weighted by molar-refractivity contribution is 5.94. The third-order valence-corrected chi connectivity index (χ3v) is 5.99. The minimum Gasteiger partial charge on any atom is -0.464 e. The number of hydrogen-bond acceptors (Lipinski definition) is 5. The first-order chi connectivity index (χ1) is 14.7. The van der Waals surface area contributed by atoms with Crippen LogP contribution in [0.4, 0.5) is 0 Å². The molecule has 1 aliphatic heterocycles. The van der Waals surface area contributed by atoms with Gasteiger partial charge in [0, 0.05) is 36.0 Å². The number of aromatic nitrogens is 1. The zero-order valence-electron chi connectivity index (χ0n) is 18.6. The number of benzene rings is 1. The minimum absolute atomic E-state index is 0.0356. The molecule has 0 saturated carbocycles. The van der Waals surface area contributed by atoms with Crippen LogP contribution in [-0.4, -0.2) is 52.3 Å². The molecule has 7 heteroatoms. The van der Waals surface area contributed by atoms with Gasteiger partial charge in [-0.1, -0.05) is 18.2 Å². The molecule has 3 rings (SSSR count). The van der Waals surface area contributed by atoms with E-state index < -0.39 is 17.5 Å². The maximum atomic E-state index is 13.7. The zero-order chi connectivity index (χ0) is 22.6. The fraction of sp³-hybridized carbons (Fsp3) is 0.542. The number of ketones is 1. The molecule has 2 heterocycles. The Morgan fingerprint density at radius 2 is 2.00 bits per heavy atom. The number of carbonyl (C=O) groups excluding carboxylic acids is 3. The third kappa shape index (κ3) is 5.34. The van der Waals surface area contributed by atoms with Gasteiger partial charge in [-0.05, 0) is 58.1 Å². The van der Waals surface area contributed by atoms with Crippen LogP contribution in [0, 0.1) is 5.92 Å². The Hall–Kier alpha value is -2.67. The van der Waals surface area contributed by atoms with Gasteiger partial charge in [-0.25, -0.2) is 4.79 Å². The predicted molar refractivity (Wildman–Crippen MR) is 119 cm³/mol. The maximum absolute atomic E-state index is 13.7. The quantitative estimate of drug-likeness (QED) is 0.630. The van der Waals surface area contributed by atoms with E-state index in [1.165, 1.54) is 0 Å². The van der Waals surface area contributed by atoms with Crippen LogP contribution in [0.25, 0.3) is 10.9 Å². The molecule has 2 atom stereocenters. The van der Waals surface area contributed by atoms with Gasteiger partial charge in [0.1, 0.15) is 6.04 Å². The summed E-state index contributed by atoms with van der Waals surface area (Å²) in [4.78, 5) is 43.8. The highest BCUT2D eigenvalue weighted by atomic mass is 16.5. The van der Waals surface area contributed by atoms with Gasteiger partial charge in [-0.15, -0.1) is 0 Å². The smallest absolute Gasteiger partial charge is 0.328 e. The fourth-order valence-electron chi connectivity index (χ4n) is 4.21. The minimum atomic E-state index is -1.03. The van der Waals surface area contributed by atoms with E-state index in [-0.39, 0.29) is 30.7 Å². The molecule has 1 aliphatic rings. The Balaban J connectivity index is 1.89. The van der Waals surface area contributed by atoms with Gasteiger partial charge >= 0.3 is 5.97 Å². The number of amides is 1. The van der Waals surface area contributed by atoms with Crippen molar-refractivity contribution in [3.05, 3.63) is 36.0 Å². The summed E-state index contributed by atoms with van der Waals surface area (Å²) in [5.74, 6) is -1.31. The lowest BCUT2D eigenvalue weighted by Gasteiger charge is -2.36. The molecule has 0 aliphatic carbocycles. The van der Waals surface area contributed by atoms with Crippen LogP contribution in [0.5, 0.6) is 0 Å². The lowest BCUT2D eigenvalue weighted by atomic mass is 9.86. The number of hydrogen-bond donors (Lipinski definition) is 2. The van der Waals surface area contributed by atoms with E-state index in [9.17, 15) is 14.4 Å². The molecule has 2 aromatic rings. The van der Waals surface area contributed by atoms with Crippen LogP contribution in [0.2, 0.25) is 0 Å². The van der Waals surface area contributed by atoms with E-state index in [4.69, 9.17) is 10.5 Å². The number of fused-ring (bicyclic) bond motifs is 1. The Morgan fingerprint density at radius 1 is 1.26 bits per heavy atom.